The molecule has 0 unspecified atom stereocenters. The first-order chi connectivity index (χ1) is 12.8. The third-order valence-corrected chi connectivity index (χ3v) is 5.06. The summed E-state index contributed by atoms with van der Waals surface area (Å²) >= 11 is 0. The van der Waals surface area contributed by atoms with Crippen molar-refractivity contribution in [3.05, 3.63) is 64.1 Å². The monoisotopic (exact) mass is 368 g/mol. The minimum atomic E-state index is -0.618. The van der Waals surface area contributed by atoms with E-state index in [-0.39, 0.29) is 23.1 Å². The lowest BCUT2D eigenvalue weighted by atomic mass is 9.83. The van der Waals surface area contributed by atoms with Crippen LogP contribution in [0.4, 0.5) is 0 Å². The molecule has 0 aliphatic carbocycles. The topological polar surface area (TPSA) is 75.5 Å². The Balaban J connectivity index is 1.66. The molecule has 0 spiro atoms. The Morgan fingerprint density at radius 3 is 2.11 bits per heavy atom. The molecule has 0 atom stereocenters. The summed E-state index contributed by atoms with van der Waals surface area (Å²) in [4.78, 5) is 40.5. The van der Waals surface area contributed by atoms with E-state index < -0.39 is 5.41 Å². The van der Waals surface area contributed by atoms with Crippen LogP contribution >= 0.6 is 0 Å². The van der Waals surface area contributed by atoms with Crippen LogP contribution in [-0.4, -0.2) is 57.6 Å². The number of amides is 2. The summed E-state index contributed by atoms with van der Waals surface area (Å²) in [6.45, 7) is 5.70. The number of carbonyl (C=O) groups excluding carboxylic acids is 2. The molecule has 2 amide bonds. The fraction of sp³-hybridized carbons (Fsp3) is 0.400. The predicted molar refractivity (Wildman–Crippen MR) is 101 cm³/mol. The van der Waals surface area contributed by atoms with Gasteiger partial charge in [0.25, 0.3) is 11.5 Å². The Morgan fingerprint density at radius 2 is 1.52 bits per heavy atom. The van der Waals surface area contributed by atoms with Crippen molar-refractivity contribution in [2.24, 2.45) is 7.05 Å². The van der Waals surface area contributed by atoms with Gasteiger partial charge >= 0.3 is 0 Å². The number of hydrogen-bond donors (Lipinski definition) is 0. The summed E-state index contributed by atoms with van der Waals surface area (Å²) < 4.78 is 1.15. The van der Waals surface area contributed by atoms with Gasteiger partial charge in [0.1, 0.15) is 5.69 Å². The molecule has 2 heterocycles. The van der Waals surface area contributed by atoms with Gasteiger partial charge in [-0.3, -0.25) is 14.4 Å². The van der Waals surface area contributed by atoms with Gasteiger partial charge in [0.2, 0.25) is 5.91 Å². The van der Waals surface area contributed by atoms with Crippen molar-refractivity contribution >= 4 is 11.8 Å². The van der Waals surface area contributed by atoms with Crippen LogP contribution in [-0.2, 0) is 17.3 Å². The zero-order chi connectivity index (χ0) is 19.6. The maximum absolute atomic E-state index is 13.0. The van der Waals surface area contributed by atoms with Gasteiger partial charge in [-0.15, -0.1) is 0 Å². The number of hydrogen-bond acceptors (Lipinski definition) is 4. The molecule has 1 aromatic carbocycles. The highest BCUT2D eigenvalue weighted by atomic mass is 16.2. The summed E-state index contributed by atoms with van der Waals surface area (Å²) in [5.74, 6) is -0.166. The maximum atomic E-state index is 13.0. The predicted octanol–water partition coefficient (Wildman–Crippen LogP) is 1.04. The zero-order valence-corrected chi connectivity index (χ0v) is 15.9. The Morgan fingerprint density at radius 1 is 0.926 bits per heavy atom. The Bertz CT molecular complexity index is 897. The normalized spacial score (nSPS) is 14.9. The third-order valence-electron chi connectivity index (χ3n) is 5.06. The highest BCUT2D eigenvalue weighted by molar-refractivity contribution is 5.92. The molecule has 7 nitrogen and oxygen atoms in total. The van der Waals surface area contributed by atoms with E-state index in [1.54, 1.807) is 4.90 Å². The molecular weight excluding hydrogens is 344 g/mol. The van der Waals surface area contributed by atoms with Gasteiger partial charge < -0.3 is 9.80 Å². The molecule has 27 heavy (non-hydrogen) atoms. The standard InChI is InChI=1S/C20H24N4O3/c1-20(2,15-7-5-4-6-8-15)19(27)24-13-11-23(12-14-24)18(26)16-9-10-17(25)22(3)21-16/h4-10H,11-14H2,1-3H3. The SMILES string of the molecule is Cn1nc(C(=O)N2CCN(C(=O)C(C)(C)c3ccccc3)CC2)ccc1=O. The van der Waals surface area contributed by atoms with E-state index in [0.29, 0.717) is 26.2 Å². The Hall–Kier alpha value is -2.96. The highest BCUT2D eigenvalue weighted by Gasteiger charge is 2.35. The van der Waals surface area contributed by atoms with Gasteiger partial charge in [0.15, 0.2) is 0 Å². The number of piperazine rings is 1. The summed E-state index contributed by atoms with van der Waals surface area (Å²) in [6.07, 6.45) is 0. The Kier molecular flexibility index (Phi) is 5.12. The van der Waals surface area contributed by atoms with Crippen molar-refractivity contribution < 1.29 is 9.59 Å². The minimum absolute atomic E-state index is 0.0565. The highest BCUT2D eigenvalue weighted by Crippen LogP contribution is 2.26. The van der Waals surface area contributed by atoms with Crippen LogP contribution in [0.2, 0.25) is 0 Å². The molecule has 3 rings (SSSR count). The van der Waals surface area contributed by atoms with E-state index in [0.717, 1.165) is 10.2 Å². The maximum Gasteiger partial charge on any atom is 0.274 e. The molecule has 0 N–H and O–H groups in total. The van der Waals surface area contributed by atoms with Crippen molar-refractivity contribution in [2.75, 3.05) is 26.2 Å². The van der Waals surface area contributed by atoms with Crippen LogP contribution in [0.5, 0.6) is 0 Å². The lowest BCUT2D eigenvalue weighted by molar-refractivity contribution is -0.137. The van der Waals surface area contributed by atoms with Crippen molar-refractivity contribution in [1.29, 1.82) is 0 Å². The second kappa shape index (κ2) is 7.34. The number of benzene rings is 1. The van der Waals surface area contributed by atoms with Crippen molar-refractivity contribution in [1.82, 2.24) is 19.6 Å². The molecule has 1 saturated heterocycles. The fourth-order valence-electron chi connectivity index (χ4n) is 3.26. The zero-order valence-electron chi connectivity index (χ0n) is 15.9. The van der Waals surface area contributed by atoms with E-state index >= 15 is 0 Å². The number of rotatable bonds is 3. The fourth-order valence-corrected chi connectivity index (χ4v) is 3.26. The largest absolute Gasteiger partial charge is 0.338 e. The molecule has 2 aromatic rings. The van der Waals surface area contributed by atoms with Crippen molar-refractivity contribution in [2.45, 2.75) is 19.3 Å². The van der Waals surface area contributed by atoms with E-state index in [9.17, 15) is 14.4 Å². The molecule has 0 radical (unpaired) electrons. The van der Waals surface area contributed by atoms with Gasteiger partial charge in [0, 0.05) is 39.3 Å². The van der Waals surface area contributed by atoms with Crippen LogP contribution < -0.4 is 5.56 Å². The van der Waals surface area contributed by atoms with E-state index in [1.807, 2.05) is 49.1 Å². The van der Waals surface area contributed by atoms with Gasteiger partial charge in [-0.1, -0.05) is 30.3 Å². The van der Waals surface area contributed by atoms with Crippen LogP contribution in [0.1, 0.15) is 29.9 Å². The van der Waals surface area contributed by atoms with E-state index in [2.05, 4.69) is 5.10 Å². The summed E-state index contributed by atoms with van der Waals surface area (Å²) in [5, 5.41) is 4.01. The van der Waals surface area contributed by atoms with Crippen LogP contribution in [0.3, 0.4) is 0 Å². The molecule has 1 fully saturated rings. The lowest BCUT2D eigenvalue weighted by Crippen LogP contribution is -2.54. The van der Waals surface area contributed by atoms with Crippen LogP contribution in [0.25, 0.3) is 0 Å². The van der Waals surface area contributed by atoms with Gasteiger partial charge in [0.05, 0.1) is 5.41 Å². The molecule has 1 aliphatic rings. The van der Waals surface area contributed by atoms with Crippen molar-refractivity contribution in [3.63, 3.8) is 0 Å². The second-order valence-corrected chi connectivity index (χ2v) is 7.26. The molecule has 0 saturated carbocycles. The molecular formula is C20H24N4O3. The average molecular weight is 368 g/mol. The second-order valence-electron chi connectivity index (χ2n) is 7.26. The lowest BCUT2D eigenvalue weighted by Gasteiger charge is -2.38. The van der Waals surface area contributed by atoms with Gasteiger partial charge in [-0.25, -0.2) is 4.68 Å². The first-order valence-corrected chi connectivity index (χ1v) is 8.99. The first kappa shape index (κ1) is 18.8. The van der Waals surface area contributed by atoms with Crippen molar-refractivity contribution in [3.8, 4) is 0 Å². The van der Waals surface area contributed by atoms with Gasteiger partial charge in [-0.05, 0) is 25.5 Å². The third kappa shape index (κ3) is 3.77. The smallest absolute Gasteiger partial charge is 0.274 e. The first-order valence-electron chi connectivity index (χ1n) is 8.99. The molecule has 7 heteroatoms. The number of aryl methyl sites for hydroxylation is 1. The number of aromatic nitrogens is 2. The minimum Gasteiger partial charge on any atom is -0.338 e. The molecule has 1 aromatic heterocycles. The number of nitrogens with zero attached hydrogens (tertiary/aromatic N) is 4. The summed E-state index contributed by atoms with van der Waals surface area (Å²) in [6, 6.07) is 12.5. The molecule has 0 bridgehead atoms. The Labute approximate surface area is 158 Å². The van der Waals surface area contributed by atoms with Gasteiger partial charge in [-0.2, -0.15) is 5.10 Å². The number of carbonyl (C=O) groups is 2. The average Bonchev–Trinajstić information content (AvgIpc) is 2.69. The van der Waals surface area contributed by atoms with E-state index in [4.69, 9.17) is 0 Å². The quantitative estimate of drug-likeness (QED) is 0.811. The summed E-state index contributed by atoms with van der Waals surface area (Å²) in [7, 11) is 1.52. The summed E-state index contributed by atoms with van der Waals surface area (Å²) in [5.41, 5.74) is 0.335. The van der Waals surface area contributed by atoms with E-state index in [1.165, 1.54) is 19.2 Å². The molecule has 142 valence electrons. The van der Waals surface area contributed by atoms with Crippen LogP contribution in [0.15, 0.2) is 47.3 Å². The van der Waals surface area contributed by atoms with Crippen LogP contribution in [0, 0.1) is 0 Å². The molecule has 1 aliphatic heterocycles.